The Morgan fingerprint density at radius 1 is 1.19 bits per heavy atom. The number of piperazine rings is 1. The topological polar surface area (TPSA) is 79.9 Å². The number of aliphatic carboxylic acids is 1. The van der Waals surface area contributed by atoms with Gasteiger partial charge in [0.25, 0.3) is 0 Å². The van der Waals surface area contributed by atoms with Crippen LogP contribution in [0.2, 0.25) is 0 Å². The molecule has 1 amide bonds. The average Bonchev–Trinajstić information content (AvgIpc) is 2.92. The number of aromatic amines is 1. The number of carboxylic acid groups (broad SMARTS) is 1. The van der Waals surface area contributed by atoms with Crippen LogP contribution in [0, 0.1) is 6.92 Å². The Labute approximate surface area is 153 Å². The van der Waals surface area contributed by atoms with Crippen LogP contribution in [-0.4, -0.2) is 83.5 Å². The number of aromatic nitrogens is 1. The minimum Gasteiger partial charge on any atom is -0.480 e. The van der Waals surface area contributed by atoms with Gasteiger partial charge in [-0.2, -0.15) is 0 Å². The van der Waals surface area contributed by atoms with Crippen molar-refractivity contribution in [2.45, 2.75) is 13.0 Å². The highest BCUT2D eigenvalue weighted by Crippen LogP contribution is 2.32. The number of nitrogens with one attached hydrogen (secondary N) is 1. The van der Waals surface area contributed by atoms with Gasteiger partial charge in [0.05, 0.1) is 6.54 Å². The molecule has 1 aromatic carbocycles. The van der Waals surface area contributed by atoms with Gasteiger partial charge in [0.15, 0.2) is 0 Å². The van der Waals surface area contributed by atoms with Crippen molar-refractivity contribution in [2.75, 3.05) is 46.8 Å². The van der Waals surface area contributed by atoms with Crippen LogP contribution in [0.15, 0.2) is 24.3 Å². The molecule has 0 saturated carbocycles. The predicted octanol–water partition coefficient (Wildman–Crippen LogP) is 1.31. The van der Waals surface area contributed by atoms with E-state index in [4.69, 9.17) is 0 Å². The van der Waals surface area contributed by atoms with Crippen LogP contribution in [-0.2, 0) is 9.59 Å². The summed E-state index contributed by atoms with van der Waals surface area (Å²) in [6.45, 7) is 4.92. The van der Waals surface area contributed by atoms with Crippen LogP contribution in [0.3, 0.4) is 0 Å². The van der Waals surface area contributed by atoms with Crippen molar-refractivity contribution in [3.05, 3.63) is 35.5 Å². The number of carbonyl (C=O) groups excluding carboxylic acids is 1. The molecule has 0 aliphatic carbocycles. The van der Waals surface area contributed by atoms with Crippen LogP contribution < -0.4 is 0 Å². The molecule has 1 aliphatic rings. The molecule has 1 fully saturated rings. The highest BCUT2D eigenvalue weighted by Gasteiger charge is 2.33. The van der Waals surface area contributed by atoms with Crippen molar-refractivity contribution in [3.63, 3.8) is 0 Å². The minimum absolute atomic E-state index is 0.0701. The maximum atomic E-state index is 12.1. The molecule has 0 spiro atoms. The van der Waals surface area contributed by atoms with Gasteiger partial charge in [-0.3, -0.25) is 19.4 Å². The van der Waals surface area contributed by atoms with Crippen molar-refractivity contribution in [1.29, 1.82) is 0 Å². The summed E-state index contributed by atoms with van der Waals surface area (Å²) in [4.78, 5) is 33.0. The number of benzene rings is 1. The van der Waals surface area contributed by atoms with Crippen molar-refractivity contribution in [2.24, 2.45) is 0 Å². The molecule has 0 unspecified atom stereocenters. The fourth-order valence-electron chi connectivity index (χ4n) is 3.63. The molecular weight excluding hydrogens is 332 g/mol. The SMILES string of the molecule is Cc1[nH]c2ccccc2c1[C@H](C(=O)O)N1CCN(CC(=O)N(C)C)CC1. The van der Waals surface area contributed by atoms with Crippen LogP contribution >= 0.6 is 0 Å². The van der Waals surface area contributed by atoms with Gasteiger partial charge in [0, 0.05) is 62.4 Å². The van der Waals surface area contributed by atoms with E-state index in [0.29, 0.717) is 32.7 Å². The number of aryl methyl sites for hydroxylation is 1. The number of nitrogens with zero attached hydrogens (tertiary/aromatic N) is 3. The van der Waals surface area contributed by atoms with E-state index in [1.165, 1.54) is 0 Å². The monoisotopic (exact) mass is 358 g/mol. The maximum absolute atomic E-state index is 12.1. The lowest BCUT2D eigenvalue weighted by Gasteiger charge is -2.37. The number of likely N-dealkylation sites (N-methyl/N-ethyl adjacent to an activating group) is 1. The van der Waals surface area contributed by atoms with Gasteiger partial charge in [0.1, 0.15) is 6.04 Å². The van der Waals surface area contributed by atoms with Gasteiger partial charge in [0.2, 0.25) is 5.91 Å². The number of amides is 1. The molecule has 1 aliphatic heterocycles. The Bertz CT molecular complexity index is 806. The quantitative estimate of drug-likeness (QED) is 0.842. The molecule has 7 nitrogen and oxygen atoms in total. The second-order valence-corrected chi connectivity index (χ2v) is 7.05. The third-order valence-corrected chi connectivity index (χ3v) is 5.08. The zero-order chi connectivity index (χ0) is 18.8. The standard InChI is InChI=1S/C19H26N4O3/c1-13-17(14-6-4-5-7-15(14)20-13)18(19(25)26)23-10-8-22(9-11-23)12-16(24)21(2)3/h4-7,18,20H,8-12H2,1-3H3,(H,25,26)/t18-/m1/s1. The average molecular weight is 358 g/mol. The first kappa shape index (κ1) is 18.4. The van der Waals surface area contributed by atoms with E-state index in [-0.39, 0.29) is 5.91 Å². The number of carboxylic acids is 1. The van der Waals surface area contributed by atoms with Gasteiger partial charge < -0.3 is 15.0 Å². The summed E-state index contributed by atoms with van der Waals surface area (Å²) in [5.74, 6) is -0.767. The summed E-state index contributed by atoms with van der Waals surface area (Å²) in [6.07, 6.45) is 0. The first-order chi connectivity index (χ1) is 12.4. The number of para-hydroxylation sites is 1. The fourth-order valence-corrected chi connectivity index (χ4v) is 3.63. The number of carbonyl (C=O) groups is 2. The molecule has 1 aromatic heterocycles. The molecule has 0 bridgehead atoms. The number of H-pyrrole nitrogens is 1. The molecule has 2 N–H and O–H groups in total. The number of rotatable bonds is 5. The van der Waals surface area contributed by atoms with Crippen molar-refractivity contribution in [3.8, 4) is 0 Å². The Balaban J connectivity index is 1.79. The molecule has 7 heteroatoms. The normalized spacial score (nSPS) is 17.3. The summed E-state index contributed by atoms with van der Waals surface area (Å²) in [7, 11) is 3.50. The second kappa shape index (κ2) is 7.47. The zero-order valence-corrected chi connectivity index (χ0v) is 15.5. The van der Waals surface area contributed by atoms with E-state index < -0.39 is 12.0 Å². The molecular formula is C19H26N4O3. The van der Waals surface area contributed by atoms with E-state index in [9.17, 15) is 14.7 Å². The summed E-state index contributed by atoms with van der Waals surface area (Å²) < 4.78 is 0. The van der Waals surface area contributed by atoms with Crippen LogP contribution in [0.4, 0.5) is 0 Å². The fraction of sp³-hybridized carbons (Fsp3) is 0.474. The first-order valence-electron chi connectivity index (χ1n) is 8.85. The van der Waals surface area contributed by atoms with Gasteiger partial charge in [-0.05, 0) is 13.0 Å². The minimum atomic E-state index is -0.837. The highest BCUT2D eigenvalue weighted by molar-refractivity contribution is 5.90. The number of fused-ring (bicyclic) bond motifs is 1. The Kier molecular flexibility index (Phi) is 5.29. The first-order valence-corrected chi connectivity index (χ1v) is 8.85. The van der Waals surface area contributed by atoms with Gasteiger partial charge in [-0.15, -0.1) is 0 Å². The molecule has 140 valence electrons. The van der Waals surface area contributed by atoms with E-state index in [1.54, 1.807) is 19.0 Å². The molecule has 26 heavy (non-hydrogen) atoms. The summed E-state index contributed by atoms with van der Waals surface area (Å²) in [5, 5.41) is 10.9. The molecule has 0 radical (unpaired) electrons. The Morgan fingerprint density at radius 2 is 1.85 bits per heavy atom. The van der Waals surface area contributed by atoms with Crippen LogP contribution in [0.5, 0.6) is 0 Å². The molecule has 2 heterocycles. The summed E-state index contributed by atoms with van der Waals surface area (Å²) in [5.41, 5.74) is 2.69. The van der Waals surface area contributed by atoms with Gasteiger partial charge in [-0.1, -0.05) is 18.2 Å². The van der Waals surface area contributed by atoms with Crippen molar-refractivity contribution < 1.29 is 14.7 Å². The zero-order valence-electron chi connectivity index (χ0n) is 15.5. The maximum Gasteiger partial charge on any atom is 0.325 e. The summed E-state index contributed by atoms with van der Waals surface area (Å²) in [6, 6.07) is 7.13. The van der Waals surface area contributed by atoms with Crippen molar-refractivity contribution in [1.82, 2.24) is 19.7 Å². The van der Waals surface area contributed by atoms with Crippen LogP contribution in [0.1, 0.15) is 17.3 Å². The van der Waals surface area contributed by atoms with E-state index in [1.807, 2.05) is 36.1 Å². The lowest BCUT2D eigenvalue weighted by Crippen LogP contribution is -2.51. The van der Waals surface area contributed by atoms with E-state index >= 15 is 0 Å². The van der Waals surface area contributed by atoms with Gasteiger partial charge >= 0.3 is 5.97 Å². The van der Waals surface area contributed by atoms with Crippen LogP contribution in [0.25, 0.3) is 10.9 Å². The molecule has 1 atom stereocenters. The van der Waals surface area contributed by atoms with E-state index in [0.717, 1.165) is 22.2 Å². The van der Waals surface area contributed by atoms with Gasteiger partial charge in [-0.25, -0.2) is 0 Å². The molecule has 3 rings (SSSR count). The largest absolute Gasteiger partial charge is 0.480 e. The highest BCUT2D eigenvalue weighted by atomic mass is 16.4. The van der Waals surface area contributed by atoms with Crippen molar-refractivity contribution >= 4 is 22.8 Å². The molecule has 2 aromatic rings. The second-order valence-electron chi connectivity index (χ2n) is 7.05. The third kappa shape index (κ3) is 3.59. The Hall–Kier alpha value is -2.38. The Morgan fingerprint density at radius 3 is 2.46 bits per heavy atom. The molecule has 1 saturated heterocycles. The number of hydrogen-bond donors (Lipinski definition) is 2. The number of hydrogen-bond acceptors (Lipinski definition) is 4. The lowest BCUT2D eigenvalue weighted by atomic mass is 10.0. The predicted molar refractivity (Wildman–Crippen MR) is 100 cm³/mol. The summed E-state index contributed by atoms with van der Waals surface area (Å²) >= 11 is 0. The third-order valence-electron chi connectivity index (χ3n) is 5.08. The van der Waals surface area contributed by atoms with E-state index in [2.05, 4.69) is 9.88 Å². The lowest BCUT2D eigenvalue weighted by molar-refractivity contribution is -0.145. The smallest absolute Gasteiger partial charge is 0.325 e.